The summed E-state index contributed by atoms with van der Waals surface area (Å²) in [7, 11) is 0. The van der Waals surface area contributed by atoms with Gasteiger partial charge in [-0.15, -0.1) is 11.3 Å². The van der Waals surface area contributed by atoms with Gasteiger partial charge in [-0.05, 0) is 30.5 Å². The van der Waals surface area contributed by atoms with E-state index in [1.165, 1.54) is 0 Å². The highest BCUT2D eigenvalue weighted by molar-refractivity contribution is 7.13. The SMILES string of the molecule is C[C@H](NC(=O)CCc1nc(-c2cccs2)no1)c1nc2ccccc2[nH]1. The molecule has 0 saturated heterocycles. The number of rotatable bonds is 6. The predicted molar refractivity (Wildman–Crippen MR) is 98.6 cm³/mol. The molecule has 0 radical (unpaired) electrons. The molecule has 132 valence electrons. The van der Waals surface area contributed by atoms with E-state index in [1.54, 1.807) is 11.3 Å². The maximum Gasteiger partial charge on any atom is 0.227 e. The van der Waals surface area contributed by atoms with Crippen molar-refractivity contribution in [1.82, 2.24) is 25.4 Å². The number of nitrogens with zero attached hydrogens (tertiary/aromatic N) is 3. The molecule has 0 fully saturated rings. The molecule has 0 aliphatic carbocycles. The summed E-state index contributed by atoms with van der Waals surface area (Å²) >= 11 is 1.55. The fraction of sp³-hybridized carbons (Fsp3) is 0.222. The van der Waals surface area contributed by atoms with Crippen molar-refractivity contribution < 1.29 is 9.32 Å². The van der Waals surface area contributed by atoms with Gasteiger partial charge < -0.3 is 14.8 Å². The van der Waals surface area contributed by atoms with E-state index in [4.69, 9.17) is 4.52 Å². The molecule has 1 aromatic carbocycles. The van der Waals surface area contributed by atoms with Crippen LogP contribution in [-0.4, -0.2) is 26.0 Å². The van der Waals surface area contributed by atoms with E-state index in [0.717, 1.165) is 21.7 Å². The molecule has 3 aromatic heterocycles. The molecule has 1 amide bonds. The number of aromatic amines is 1. The molecule has 1 atom stereocenters. The number of carbonyl (C=O) groups excluding carboxylic acids is 1. The third-order valence-electron chi connectivity index (χ3n) is 3.97. The predicted octanol–water partition coefficient (Wildman–Crippen LogP) is 3.48. The summed E-state index contributed by atoms with van der Waals surface area (Å²) in [5.41, 5.74) is 1.84. The normalized spacial score (nSPS) is 12.3. The van der Waals surface area contributed by atoms with Gasteiger partial charge >= 0.3 is 0 Å². The second-order valence-electron chi connectivity index (χ2n) is 5.92. The Hall–Kier alpha value is -3.00. The minimum atomic E-state index is -0.209. The standard InChI is InChI=1S/C18H17N5O2S/c1-11(17-20-12-5-2-3-6-13(12)21-17)19-15(24)8-9-16-22-18(23-25-16)14-7-4-10-26-14/h2-7,10-11H,8-9H2,1H3,(H,19,24)(H,20,21)/t11-/m0/s1. The van der Waals surface area contributed by atoms with E-state index >= 15 is 0 Å². The molecule has 7 nitrogen and oxygen atoms in total. The largest absolute Gasteiger partial charge is 0.346 e. The van der Waals surface area contributed by atoms with E-state index in [0.29, 0.717) is 18.1 Å². The highest BCUT2D eigenvalue weighted by Gasteiger charge is 2.15. The molecule has 4 aromatic rings. The van der Waals surface area contributed by atoms with Gasteiger partial charge in [0, 0.05) is 12.8 Å². The van der Waals surface area contributed by atoms with Gasteiger partial charge in [0.05, 0.1) is 22.0 Å². The molecule has 0 bridgehead atoms. The molecular weight excluding hydrogens is 350 g/mol. The molecule has 26 heavy (non-hydrogen) atoms. The van der Waals surface area contributed by atoms with Crippen LogP contribution in [0.1, 0.15) is 31.1 Å². The highest BCUT2D eigenvalue weighted by Crippen LogP contribution is 2.21. The summed E-state index contributed by atoms with van der Waals surface area (Å²) < 4.78 is 5.22. The molecule has 3 heterocycles. The van der Waals surface area contributed by atoms with E-state index in [9.17, 15) is 4.79 Å². The van der Waals surface area contributed by atoms with Crippen LogP contribution in [0.25, 0.3) is 21.7 Å². The quantitative estimate of drug-likeness (QED) is 0.544. The molecule has 0 aliphatic heterocycles. The lowest BCUT2D eigenvalue weighted by Gasteiger charge is -2.10. The van der Waals surface area contributed by atoms with Crippen molar-refractivity contribution in [3.63, 3.8) is 0 Å². The Kier molecular flexibility index (Phi) is 4.49. The number of para-hydroxylation sites is 2. The monoisotopic (exact) mass is 367 g/mol. The van der Waals surface area contributed by atoms with Crippen molar-refractivity contribution in [3.05, 3.63) is 53.5 Å². The average molecular weight is 367 g/mol. The third kappa shape index (κ3) is 3.50. The number of nitrogens with one attached hydrogen (secondary N) is 2. The molecular formula is C18H17N5O2S. The number of hydrogen-bond donors (Lipinski definition) is 2. The Morgan fingerprint density at radius 3 is 2.96 bits per heavy atom. The third-order valence-corrected chi connectivity index (χ3v) is 4.84. The van der Waals surface area contributed by atoms with Gasteiger partial charge in [-0.3, -0.25) is 4.79 Å². The minimum absolute atomic E-state index is 0.0890. The Balaban J connectivity index is 1.33. The van der Waals surface area contributed by atoms with Gasteiger partial charge in [-0.1, -0.05) is 23.4 Å². The van der Waals surface area contributed by atoms with Gasteiger partial charge in [0.2, 0.25) is 17.6 Å². The van der Waals surface area contributed by atoms with Crippen LogP contribution in [0.2, 0.25) is 0 Å². The number of carbonyl (C=O) groups is 1. The van der Waals surface area contributed by atoms with Gasteiger partial charge in [-0.2, -0.15) is 4.98 Å². The van der Waals surface area contributed by atoms with Crippen LogP contribution in [0.5, 0.6) is 0 Å². The van der Waals surface area contributed by atoms with Gasteiger partial charge in [0.15, 0.2) is 0 Å². The van der Waals surface area contributed by atoms with Crippen LogP contribution in [0.15, 0.2) is 46.3 Å². The summed E-state index contributed by atoms with van der Waals surface area (Å²) in [6.07, 6.45) is 0.674. The number of fused-ring (bicyclic) bond motifs is 1. The fourth-order valence-corrected chi connectivity index (χ4v) is 3.29. The lowest BCUT2D eigenvalue weighted by molar-refractivity contribution is -0.121. The zero-order valence-corrected chi connectivity index (χ0v) is 14.9. The zero-order valence-electron chi connectivity index (χ0n) is 14.1. The van der Waals surface area contributed by atoms with Crippen LogP contribution < -0.4 is 5.32 Å². The number of imidazole rings is 1. The Bertz CT molecular complexity index is 988. The minimum Gasteiger partial charge on any atom is -0.346 e. The van der Waals surface area contributed by atoms with E-state index in [-0.39, 0.29) is 18.4 Å². The van der Waals surface area contributed by atoms with E-state index < -0.39 is 0 Å². The first-order chi connectivity index (χ1) is 12.7. The van der Waals surface area contributed by atoms with Crippen molar-refractivity contribution in [1.29, 1.82) is 0 Å². The Morgan fingerprint density at radius 1 is 1.27 bits per heavy atom. The zero-order chi connectivity index (χ0) is 17.9. The smallest absolute Gasteiger partial charge is 0.227 e. The van der Waals surface area contributed by atoms with Crippen molar-refractivity contribution >= 4 is 28.3 Å². The first kappa shape index (κ1) is 16.5. The van der Waals surface area contributed by atoms with Crippen molar-refractivity contribution in [2.75, 3.05) is 0 Å². The number of aryl methyl sites for hydroxylation is 1. The molecule has 4 rings (SSSR count). The molecule has 0 unspecified atom stereocenters. The summed E-state index contributed by atoms with van der Waals surface area (Å²) in [5, 5.41) is 8.84. The average Bonchev–Trinajstić information content (AvgIpc) is 3.39. The number of hydrogen-bond acceptors (Lipinski definition) is 6. The topological polar surface area (TPSA) is 96.7 Å². The number of aromatic nitrogens is 4. The van der Waals surface area contributed by atoms with Gasteiger partial charge in [-0.25, -0.2) is 4.98 Å². The van der Waals surface area contributed by atoms with Gasteiger partial charge in [0.25, 0.3) is 0 Å². The summed E-state index contributed by atoms with van der Waals surface area (Å²) in [5.74, 6) is 1.66. The highest BCUT2D eigenvalue weighted by atomic mass is 32.1. The summed E-state index contributed by atoms with van der Waals surface area (Å²) in [6, 6.07) is 11.4. The fourth-order valence-electron chi connectivity index (χ4n) is 2.64. The molecule has 0 saturated carbocycles. The van der Waals surface area contributed by atoms with Crippen LogP contribution in [0, 0.1) is 0 Å². The summed E-state index contributed by atoms with van der Waals surface area (Å²) in [4.78, 5) is 25.2. The van der Waals surface area contributed by atoms with E-state index in [1.807, 2.05) is 48.7 Å². The number of H-pyrrole nitrogens is 1. The molecule has 0 aliphatic rings. The first-order valence-electron chi connectivity index (χ1n) is 8.29. The second-order valence-corrected chi connectivity index (χ2v) is 6.87. The Morgan fingerprint density at radius 2 is 2.15 bits per heavy atom. The molecule has 8 heteroatoms. The molecule has 0 spiro atoms. The lowest BCUT2D eigenvalue weighted by atomic mass is 10.2. The van der Waals surface area contributed by atoms with Crippen LogP contribution in [0.3, 0.4) is 0 Å². The lowest BCUT2D eigenvalue weighted by Crippen LogP contribution is -2.27. The number of amides is 1. The van der Waals surface area contributed by atoms with Crippen LogP contribution in [-0.2, 0) is 11.2 Å². The number of thiophene rings is 1. The van der Waals surface area contributed by atoms with Crippen molar-refractivity contribution in [3.8, 4) is 10.7 Å². The number of benzene rings is 1. The van der Waals surface area contributed by atoms with Crippen molar-refractivity contribution in [2.45, 2.75) is 25.8 Å². The molecule has 2 N–H and O–H groups in total. The van der Waals surface area contributed by atoms with Crippen LogP contribution in [0.4, 0.5) is 0 Å². The van der Waals surface area contributed by atoms with Crippen LogP contribution >= 0.6 is 11.3 Å². The maximum absolute atomic E-state index is 12.2. The summed E-state index contributed by atoms with van der Waals surface area (Å²) in [6.45, 7) is 1.90. The Labute approximate surface area is 153 Å². The van der Waals surface area contributed by atoms with Gasteiger partial charge in [0.1, 0.15) is 5.82 Å². The first-order valence-corrected chi connectivity index (χ1v) is 9.17. The second kappa shape index (κ2) is 7.09. The van der Waals surface area contributed by atoms with Crippen molar-refractivity contribution in [2.24, 2.45) is 0 Å². The maximum atomic E-state index is 12.2. The van der Waals surface area contributed by atoms with E-state index in [2.05, 4.69) is 25.4 Å².